The number of aromatic carboxylic acids is 1. The lowest BCUT2D eigenvalue weighted by molar-refractivity contribution is -0.117. The zero-order valence-corrected chi connectivity index (χ0v) is 7.93. The molecule has 72 valence electrons. The molecular formula is C9H7NO3S. The number of hydrogen-bond donors (Lipinski definition) is 2. The Morgan fingerprint density at radius 2 is 2.21 bits per heavy atom. The maximum absolute atomic E-state index is 10.6. The van der Waals surface area contributed by atoms with Crippen LogP contribution in [0.15, 0.2) is 10.8 Å². The second-order valence-electron chi connectivity index (χ2n) is 2.45. The molecule has 1 rings (SSSR count). The van der Waals surface area contributed by atoms with Crippen molar-refractivity contribution in [3.63, 3.8) is 0 Å². The minimum Gasteiger partial charge on any atom is -0.478 e. The van der Waals surface area contributed by atoms with Gasteiger partial charge in [-0.25, -0.2) is 4.79 Å². The second-order valence-corrected chi connectivity index (χ2v) is 3.19. The molecule has 14 heavy (non-hydrogen) atoms. The summed E-state index contributed by atoms with van der Waals surface area (Å²) in [6.45, 7) is 0. The van der Waals surface area contributed by atoms with Gasteiger partial charge in [0.2, 0.25) is 5.91 Å². The molecule has 3 N–H and O–H groups in total. The number of hydrogen-bond acceptors (Lipinski definition) is 3. The first-order chi connectivity index (χ1) is 6.61. The predicted molar refractivity (Wildman–Crippen MR) is 52.0 cm³/mol. The van der Waals surface area contributed by atoms with Crippen molar-refractivity contribution in [2.75, 3.05) is 0 Å². The maximum Gasteiger partial charge on any atom is 0.337 e. The summed E-state index contributed by atoms with van der Waals surface area (Å²) in [5.41, 5.74) is 5.45. The van der Waals surface area contributed by atoms with E-state index in [9.17, 15) is 9.59 Å². The van der Waals surface area contributed by atoms with E-state index in [1.54, 1.807) is 5.38 Å². The van der Waals surface area contributed by atoms with Crippen LogP contribution >= 0.6 is 11.3 Å². The highest BCUT2D eigenvalue weighted by Crippen LogP contribution is 2.13. The normalized spacial score (nSPS) is 8.86. The molecule has 0 aliphatic rings. The number of rotatable bonds is 2. The molecule has 1 aromatic rings. The average molecular weight is 209 g/mol. The summed E-state index contributed by atoms with van der Waals surface area (Å²) >= 11 is 1.25. The van der Waals surface area contributed by atoms with Gasteiger partial charge in [0, 0.05) is 16.3 Å². The fraction of sp³-hybridized carbons (Fsp3) is 0.111. The minimum atomic E-state index is -1.02. The Bertz CT molecular complexity index is 425. The Morgan fingerprint density at radius 3 is 2.79 bits per heavy atom. The molecule has 0 fully saturated rings. The Labute approximate surface area is 84.4 Å². The zero-order valence-electron chi connectivity index (χ0n) is 7.11. The number of carbonyl (C=O) groups excluding carboxylic acids is 1. The number of thiophene rings is 1. The van der Waals surface area contributed by atoms with Gasteiger partial charge in [0.15, 0.2) is 0 Å². The van der Waals surface area contributed by atoms with Crippen molar-refractivity contribution in [2.24, 2.45) is 5.73 Å². The number of carboxylic acids is 1. The van der Waals surface area contributed by atoms with E-state index in [0.717, 1.165) is 0 Å². The van der Waals surface area contributed by atoms with E-state index < -0.39 is 11.9 Å². The molecule has 0 radical (unpaired) electrons. The van der Waals surface area contributed by atoms with Gasteiger partial charge < -0.3 is 10.8 Å². The summed E-state index contributed by atoms with van der Waals surface area (Å²) in [6, 6.07) is 0. The molecule has 1 amide bonds. The van der Waals surface area contributed by atoms with Crippen LogP contribution in [0.1, 0.15) is 22.3 Å². The van der Waals surface area contributed by atoms with Gasteiger partial charge in [0.25, 0.3) is 0 Å². The zero-order chi connectivity index (χ0) is 10.6. The lowest BCUT2D eigenvalue weighted by Gasteiger charge is -1.87. The quantitative estimate of drug-likeness (QED) is 0.702. The van der Waals surface area contributed by atoms with Crippen LogP contribution in [0.3, 0.4) is 0 Å². The van der Waals surface area contributed by atoms with Crippen LogP contribution in [0.4, 0.5) is 0 Å². The Hall–Kier alpha value is -1.80. The Morgan fingerprint density at radius 1 is 1.50 bits per heavy atom. The molecule has 0 spiro atoms. The topological polar surface area (TPSA) is 80.4 Å². The number of nitrogens with two attached hydrogens (primary N) is 1. The largest absolute Gasteiger partial charge is 0.478 e. The molecule has 0 saturated heterocycles. The summed E-state index contributed by atoms with van der Waals surface area (Å²) in [5.74, 6) is 3.54. The van der Waals surface area contributed by atoms with Crippen LogP contribution < -0.4 is 5.73 Å². The first-order valence-corrected chi connectivity index (χ1v) is 4.62. The summed E-state index contributed by atoms with van der Waals surface area (Å²) in [7, 11) is 0. The van der Waals surface area contributed by atoms with Gasteiger partial charge in [0.05, 0.1) is 12.0 Å². The van der Waals surface area contributed by atoms with E-state index in [-0.39, 0.29) is 12.0 Å². The maximum atomic E-state index is 10.6. The van der Waals surface area contributed by atoms with Crippen molar-refractivity contribution >= 4 is 23.2 Å². The molecule has 1 aromatic heterocycles. The Balaban J connectivity index is 2.84. The van der Waals surface area contributed by atoms with Gasteiger partial charge in [-0.1, -0.05) is 11.8 Å². The molecule has 5 heteroatoms. The fourth-order valence-corrected chi connectivity index (χ4v) is 1.54. The van der Waals surface area contributed by atoms with E-state index in [1.807, 2.05) is 0 Å². The average Bonchev–Trinajstić information content (AvgIpc) is 2.51. The molecule has 1 heterocycles. The molecule has 0 aromatic carbocycles. The third-order valence-corrected chi connectivity index (χ3v) is 2.12. The Kier molecular flexibility index (Phi) is 3.26. The second kappa shape index (κ2) is 4.44. The van der Waals surface area contributed by atoms with Gasteiger partial charge >= 0.3 is 5.97 Å². The molecule has 0 atom stereocenters. The van der Waals surface area contributed by atoms with Crippen LogP contribution in [-0.4, -0.2) is 17.0 Å². The molecule has 0 aliphatic heterocycles. The monoisotopic (exact) mass is 209 g/mol. The van der Waals surface area contributed by atoms with E-state index in [0.29, 0.717) is 5.56 Å². The van der Waals surface area contributed by atoms with Crippen LogP contribution in [0.25, 0.3) is 0 Å². The summed E-state index contributed by atoms with van der Waals surface area (Å²) < 4.78 is 0. The molecule has 4 nitrogen and oxygen atoms in total. The molecular weight excluding hydrogens is 202 g/mol. The van der Waals surface area contributed by atoms with Crippen molar-refractivity contribution in [1.29, 1.82) is 0 Å². The van der Waals surface area contributed by atoms with Crippen LogP contribution in [-0.2, 0) is 4.79 Å². The molecule has 0 aliphatic carbocycles. The lowest BCUT2D eigenvalue weighted by atomic mass is 10.2. The standard InChI is InChI=1S/C9H7NO3S/c10-8(11)3-1-2-6-4-14-5-7(6)9(12)13/h4-5H,3H2,(H2,10,11)(H,12,13). The van der Waals surface area contributed by atoms with E-state index in [1.165, 1.54) is 16.7 Å². The highest BCUT2D eigenvalue weighted by atomic mass is 32.1. The van der Waals surface area contributed by atoms with Gasteiger partial charge in [-0.3, -0.25) is 4.79 Å². The van der Waals surface area contributed by atoms with Gasteiger partial charge in [-0.05, 0) is 0 Å². The number of carboxylic acid groups (broad SMARTS) is 1. The van der Waals surface area contributed by atoms with Crippen molar-refractivity contribution in [1.82, 2.24) is 0 Å². The predicted octanol–water partition coefficient (Wildman–Crippen LogP) is 0.673. The first-order valence-electron chi connectivity index (χ1n) is 3.68. The van der Waals surface area contributed by atoms with Gasteiger partial charge in [-0.2, -0.15) is 11.3 Å². The van der Waals surface area contributed by atoms with Crippen LogP contribution in [0.2, 0.25) is 0 Å². The number of primary amides is 1. The first kappa shape index (κ1) is 10.3. The highest BCUT2D eigenvalue weighted by molar-refractivity contribution is 7.08. The van der Waals surface area contributed by atoms with Crippen molar-refractivity contribution in [3.05, 3.63) is 21.9 Å². The van der Waals surface area contributed by atoms with Gasteiger partial charge in [-0.15, -0.1) is 0 Å². The van der Waals surface area contributed by atoms with E-state index >= 15 is 0 Å². The number of carbonyl (C=O) groups is 2. The van der Waals surface area contributed by atoms with Crippen LogP contribution in [0, 0.1) is 11.8 Å². The third kappa shape index (κ3) is 2.61. The molecule has 0 bridgehead atoms. The third-order valence-electron chi connectivity index (χ3n) is 1.38. The van der Waals surface area contributed by atoms with E-state index in [2.05, 4.69) is 11.8 Å². The fourth-order valence-electron chi connectivity index (χ4n) is 0.786. The van der Waals surface area contributed by atoms with Crippen molar-refractivity contribution in [2.45, 2.75) is 6.42 Å². The SMILES string of the molecule is NC(=O)CC#Cc1cscc1C(=O)O. The van der Waals surface area contributed by atoms with Crippen LogP contribution in [0.5, 0.6) is 0 Å². The lowest BCUT2D eigenvalue weighted by Crippen LogP contribution is -2.08. The summed E-state index contributed by atoms with van der Waals surface area (Å²) in [5, 5.41) is 11.8. The molecule has 0 saturated carbocycles. The van der Waals surface area contributed by atoms with Crippen molar-refractivity contribution < 1.29 is 14.7 Å². The van der Waals surface area contributed by atoms with Crippen molar-refractivity contribution in [3.8, 4) is 11.8 Å². The van der Waals surface area contributed by atoms with Gasteiger partial charge in [0.1, 0.15) is 0 Å². The minimum absolute atomic E-state index is 0.0606. The highest BCUT2D eigenvalue weighted by Gasteiger charge is 2.08. The number of amides is 1. The smallest absolute Gasteiger partial charge is 0.337 e. The summed E-state index contributed by atoms with van der Waals surface area (Å²) in [6.07, 6.45) is -0.0606. The van der Waals surface area contributed by atoms with E-state index in [4.69, 9.17) is 10.8 Å². The summed E-state index contributed by atoms with van der Waals surface area (Å²) in [4.78, 5) is 21.0. The molecule has 0 unspecified atom stereocenters.